The number of hydrogen-bond donors (Lipinski definition) is 1. The highest BCUT2D eigenvalue weighted by molar-refractivity contribution is 5.45. The molecule has 0 amide bonds. The molecule has 1 aromatic rings. The van der Waals surface area contributed by atoms with Crippen molar-refractivity contribution in [2.24, 2.45) is 5.73 Å². The van der Waals surface area contributed by atoms with E-state index in [1.165, 1.54) is 5.56 Å². The third-order valence-electron chi connectivity index (χ3n) is 3.37. The Hall–Kier alpha value is -2.05. The minimum atomic E-state index is 0.616. The molecule has 0 bridgehead atoms. The zero-order valence-electron chi connectivity index (χ0n) is 11.3. The number of allylic oxidation sites excluding steroid dienone is 2. The number of nitrogens with two attached hydrogens (primary N) is 1. The van der Waals surface area contributed by atoms with Crippen molar-refractivity contribution >= 4 is 0 Å². The topological polar surface area (TPSA) is 53.1 Å². The molecule has 0 unspecified atom stereocenters. The summed E-state index contributed by atoms with van der Waals surface area (Å²) in [6, 6.07) is 12.7. The van der Waals surface area contributed by atoms with Gasteiger partial charge < -0.3 is 5.73 Å². The normalized spacial score (nSPS) is 17.4. The monoisotopic (exact) mass is 253 g/mol. The summed E-state index contributed by atoms with van der Waals surface area (Å²) in [7, 11) is 0. The van der Waals surface area contributed by atoms with Gasteiger partial charge in [-0.1, -0.05) is 36.4 Å². The van der Waals surface area contributed by atoms with Gasteiger partial charge in [-0.2, -0.15) is 5.26 Å². The second kappa shape index (κ2) is 6.21. The second-order valence-corrected chi connectivity index (χ2v) is 4.87. The first-order valence-electron chi connectivity index (χ1n) is 6.53. The molecule has 1 aromatic carbocycles. The predicted molar refractivity (Wildman–Crippen MR) is 76.9 cm³/mol. The summed E-state index contributed by atoms with van der Waals surface area (Å²) in [4.78, 5) is 2.37. The van der Waals surface area contributed by atoms with Gasteiger partial charge in [-0.15, -0.1) is 0 Å². The third-order valence-corrected chi connectivity index (χ3v) is 3.37. The van der Waals surface area contributed by atoms with E-state index in [0.29, 0.717) is 11.3 Å². The summed E-state index contributed by atoms with van der Waals surface area (Å²) < 4.78 is 0. The Labute approximate surface area is 114 Å². The highest BCUT2D eigenvalue weighted by Gasteiger charge is 2.15. The summed E-state index contributed by atoms with van der Waals surface area (Å²) >= 11 is 0. The molecular formula is C16H19N3. The molecule has 0 aromatic heterocycles. The van der Waals surface area contributed by atoms with Crippen LogP contribution in [0.3, 0.4) is 0 Å². The summed E-state index contributed by atoms with van der Waals surface area (Å²) in [6.45, 7) is 4.59. The van der Waals surface area contributed by atoms with Crippen molar-refractivity contribution in [2.75, 3.05) is 13.1 Å². The van der Waals surface area contributed by atoms with E-state index in [1.807, 2.05) is 6.07 Å². The first kappa shape index (κ1) is 13.4. The lowest BCUT2D eigenvalue weighted by molar-refractivity contribution is 0.287. The van der Waals surface area contributed by atoms with E-state index < -0.39 is 0 Å². The van der Waals surface area contributed by atoms with Crippen LogP contribution in [0.2, 0.25) is 0 Å². The minimum Gasteiger partial charge on any atom is -0.401 e. The van der Waals surface area contributed by atoms with Crippen LogP contribution < -0.4 is 5.73 Å². The standard InChI is InChI=1S/C16H19N3/c1-13(18)16(11-17)15-7-9-19(10-8-15)12-14-5-3-2-4-6-14/h2-7H,8-10,12,18H2,1H3. The summed E-state index contributed by atoms with van der Waals surface area (Å²) in [5, 5.41) is 9.11. The molecule has 2 rings (SSSR count). The molecule has 1 heterocycles. The van der Waals surface area contributed by atoms with Crippen molar-refractivity contribution in [3.8, 4) is 6.07 Å². The minimum absolute atomic E-state index is 0.616. The first-order chi connectivity index (χ1) is 9.20. The third kappa shape index (κ3) is 3.46. The first-order valence-corrected chi connectivity index (χ1v) is 6.53. The van der Waals surface area contributed by atoms with Gasteiger partial charge in [0.05, 0.1) is 5.57 Å². The maximum Gasteiger partial charge on any atom is 0.101 e. The molecule has 1 aliphatic rings. The molecule has 3 heteroatoms. The highest BCUT2D eigenvalue weighted by atomic mass is 15.1. The Morgan fingerprint density at radius 1 is 1.37 bits per heavy atom. The number of rotatable bonds is 3. The van der Waals surface area contributed by atoms with E-state index in [9.17, 15) is 0 Å². The number of nitriles is 1. The van der Waals surface area contributed by atoms with Gasteiger partial charge in [0, 0.05) is 25.3 Å². The van der Waals surface area contributed by atoms with Gasteiger partial charge in [0.25, 0.3) is 0 Å². The molecule has 0 aliphatic carbocycles. The predicted octanol–water partition coefficient (Wildman–Crippen LogP) is 2.57. The molecule has 0 spiro atoms. The maximum atomic E-state index is 9.11. The van der Waals surface area contributed by atoms with Crippen LogP contribution in [-0.4, -0.2) is 18.0 Å². The molecule has 3 nitrogen and oxygen atoms in total. The lowest BCUT2D eigenvalue weighted by Crippen LogP contribution is -2.28. The van der Waals surface area contributed by atoms with Crippen LogP contribution in [0.1, 0.15) is 18.9 Å². The van der Waals surface area contributed by atoms with Crippen LogP contribution in [0.15, 0.2) is 53.3 Å². The van der Waals surface area contributed by atoms with E-state index in [0.717, 1.165) is 31.6 Å². The Bertz CT molecular complexity index is 531. The SMILES string of the molecule is CC(N)=C(C#N)C1=CCN(Cc2ccccc2)CC1. The Balaban J connectivity index is 2.01. The van der Waals surface area contributed by atoms with E-state index in [2.05, 4.69) is 41.3 Å². The Morgan fingerprint density at radius 3 is 2.63 bits per heavy atom. The van der Waals surface area contributed by atoms with Crippen molar-refractivity contribution in [1.82, 2.24) is 4.90 Å². The van der Waals surface area contributed by atoms with Gasteiger partial charge >= 0.3 is 0 Å². The van der Waals surface area contributed by atoms with Gasteiger partial charge in [0.1, 0.15) is 6.07 Å². The van der Waals surface area contributed by atoms with Crippen molar-refractivity contribution in [1.29, 1.82) is 5.26 Å². The van der Waals surface area contributed by atoms with Crippen molar-refractivity contribution < 1.29 is 0 Å². The molecule has 0 saturated heterocycles. The molecular weight excluding hydrogens is 234 g/mol. The fourth-order valence-corrected chi connectivity index (χ4v) is 2.34. The van der Waals surface area contributed by atoms with E-state index in [4.69, 9.17) is 11.0 Å². The van der Waals surface area contributed by atoms with Crippen LogP contribution in [-0.2, 0) is 6.54 Å². The van der Waals surface area contributed by atoms with Crippen LogP contribution in [0.25, 0.3) is 0 Å². The second-order valence-electron chi connectivity index (χ2n) is 4.87. The van der Waals surface area contributed by atoms with Gasteiger partial charge in [-0.3, -0.25) is 4.90 Å². The van der Waals surface area contributed by atoms with Crippen LogP contribution in [0.4, 0.5) is 0 Å². The number of hydrogen-bond acceptors (Lipinski definition) is 3. The Kier molecular flexibility index (Phi) is 4.38. The number of benzene rings is 1. The number of nitrogens with zero attached hydrogens (tertiary/aromatic N) is 2. The largest absolute Gasteiger partial charge is 0.401 e. The van der Waals surface area contributed by atoms with Gasteiger partial charge in [0.2, 0.25) is 0 Å². The molecule has 19 heavy (non-hydrogen) atoms. The van der Waals surface area contributed by atoms with E-state index >= 15 is 0 Å². The van der Waals surface area contributed by atoms with Crippen LogP contribution in [0, 0.1) is 11.3 Å². The van der Waals surface area contributed by atoms with E-state index in [-0.39, 0.29) is 0 Å². The average molecular weight is 253 g/mol. The Morgan fingerprint density at radius 2 is 2.11 bits per heavy atom. The van der Waals surface area contributed by atoms with Gasteiger partial charge in [-0.25, -0.2) is 0 Å². The molecule has 0 fully saturated rings. The van der Waals surface area contributed by atoms with Crippen molar-refractivity contribution in [2.45, 2.75) is 19.9 Å². The highest BCUT2D eigenvalue weighted by Crippen LogP contribution is 2.21. The van der Waals surface area contributed by atoms with Crippen LogP contribution >= 0.6 is 0 Å². The quantitative estimate of drug-likeness (QED) is 0.842. The zero-order valence-corrected chi connectivity index (χ0v) is 11.3. The van der Waals surface area contributed by atoms with E-state index in [1.54, 1.807) is 6.92 Å². The molecule has 98 valence electrons. The summed E-state index contributed by atoms with van der Waals surface area (Å²) in [5.74, 6) is 0. The maximum absolute atomic E-state index is 9.11. The average Bonchev–Trinajstić information content (AvgIpc) is 2.42. The van der Waals surface area contributed by atoms with Gasteiger partial charge in [0.15, 0.2) is 0 Å². The molecule has 1 aliphatic heterocycles. The molecule has 0 atom stereocenters. The molecule has 0 radical (unpaired) electrons. The van der Waals surface area contributed by atoms with Crippen molar-refractivity contribution in [3.63, 3.8) is 0 Å². The lowest BCUT2D eigenvalue weighted by atomic mass is 9.98. The zero-order chi connectivity index (χ0) is 13.7. The smallest absolute Gasteiger partial charge is 0.101 e. The van der Waals surface area contributed by atoms with Gasteiger partial charge in [-0.05, 0) is 24.5 Å². The molecule has 2 N–H and O–H groups in total. The van der Waals surface area contributed by atoms with Crippen molar-refractivity contribution in [3.05, 3.63) is 58.8 Å². The fraction of sp³-hybridized carbons (Fsp3) is 0.312. The fourth-order valence-electron chi connectivity index (χ4n) is 2.34. The molecule has 0 saturated carbocycles. The summed E-state index contributed by atoms with van der Waals surface area (Å²) in [5.41, 5.74) is 9.42. The lowest BCUT2D eigenvalue weighted by Gasteiger charge is -2.26. The summed E-state index contributed by atoms with van der Waals surface area (Å²) in [6.07, 6.45) is 3.02. The van der Waals surface area contributed by atoms with Crippen LogP contribution in [0.5, 0.6) is 0 Å².